The van der Waals surface area contributed by atoms with Crippen molar-refractivity contribution in [3.63, 3.8) is 0 Å². The highest BCUT2D eigenvalue weighted by atomic mass is 32.1. The molecule has 0 unspecified atom stereocenters. The van der Waals surface area contributed by atoms with Crippen molar-refractivity contribution in [3.05, 3.63) is 58.7 Å². The van der Waals surface area contributed by atoms with E-state index in [2.05, 4.69) is 24.0 Å². The zero-order valence-corrected chi connectivity index (χ0v) is 16.1. The summed E-state index contributed by atoms with van der Waals surface area (Å²) in [5.41, 5.74) is 7.37. The minimum Gasteiger partial charge on any atom is -0.397 e. The first kappa shape index (κ1) is 19.3. The second kappa shape index (κ2) is 7.28. The van der Waals surface area contributed by atoms with Crippen LogP contribution >= 0.6 is 22.7 Å². The predicted molar refractivity (Wildman–Crippen MR) is 106 cm³/mol. The molecule has 0 fully saturated rings. The lowest BCUT2D eigenvalue weighted by Gasteiger charge is -2.07. The highest BCUT2D eigenvalue weighted by Crippen LogP contribution is 2.41. The number of nitrogens with two attached hydrogens (primary N) is 1. The maximum absolute atomic E-state index is 12.5. The highest BCUT2D eigenvalue weighted by Gasteiger charge is 2.32. The molecule has 0 aliphatic carbocycles. The van der Waals surface area contributed by atoms with Crippen LogP contribution in [0.5, 0.6) is 0 Å². The Labute approximate surface area is 162 Å². The van der Waals surface area contributed by atoms with E-state index in [9.17, 15) is 13.2 Å². The van der Waals surface area contributed by atoms with E-state index in [1.54, 1.807) is 34.8 Å². The molecule has 3 N–H and O–H groups in total. The summed E-state index contributed by atoms with van der Waals surface area (Å²) in [5, 5.41) is 9.12. The van der Waals surface area contributed by atoms with Gasteiger partial charge in [0.25, 0.3) is 0 Å². The van der Waals surface area contributed by atoms with E-state index < -0.39 is 11.9 Å². The molecule has 3 nitrogen and oxygen atoms in total. The molecule has 3 heterocycles. The monoisotopic (exact) mass is 407 g/mol. The number of nitrogens with zero attached hydrogens (tertiary/aromatic N) is 1. The largest absolute Gasteiger partial charge is 0.432 e. The second-order valence-electron chi connectivity index (χ2n) is 6.00. The fourth-order valence-corrected chi connectivity index (χ4v) is 4.83. The van der Waals surface area contributed by atoms with Gasteiger partial charge in [-0.15, -0.1) is 22.7 Å². The lowest BCUT2D eigenvalue weighted by molar-refractivity contribution is -0.0583. The molecule has 0 saturated heterocycles. The van der Waals surface area contributed by atoms with Crippen LogP contribution in [0.25, 0.3) is 25.9 Å². The van der Waals surface area contributed by atoms with E-state index in [1.165, 1.54) is 16.6 Å². The number of alkyl halides is 3. The Kier molecular flexibility index (Phi) is 5.21. The topological polar surface area (TPSA) is 62.8 Å². The Morgan fingerprint density at radius 3 is 2.52 bits per heavy atom. The van der Waals surface area contributed by atoms with Gasteiger partial charge in [-0.05, 0) is 66.3 Å². The summed E-state index contributed by atoms with van der Waals surface area (Å²) in [6.07, 6.45) is -2.63. The summed E-state index contributed by atoms with van der Waals surface area (Å²) < 4.78 is 37.6. The van der Waals surface area contributed by atoms with E-state index in [4.69, 9.17) is 11.1 Å². The summed E-state index contributed by atoms with van der Waals surface area (Å²) in [5.74, 6) is 0. The van der Waals surface area contributed by atoms with Gasteiger partial charge in [0, 0.05) is 20.8 Å². The minimum atomic E-state index is -4.74. The molecule has 3 aromatic heterocycles. The molecule has 140 valence electrons. The molecule has 0 aliphatic heterocycles. The molecule has 0 amide bonds. The number of thiophene rings is 2. The lowest BCUT2D eigenvalue weighted by atomic mass is 10.1. The Bertz CT molecular complexity index is 1030. The number of rotatable bonds is 4. The molecular formula is C19H16F3N3S2. The number of aryl methyl sites for hydroxylation is 2. The number of halogens is 3. The number of allylic oxidation sites excluding steroid dienone is 1. The Morgan fingerprint density at radius 2 is 1.89 bits per heavy atom. The molecule has 3 rings (SSSR count). The van der Waals surface area contributed by atoms with Crippen molar-refractivity contribution in [1.82, 2.24) is 4.98 Å². The van der Waals surface area contributed by atoms with Crippen LogP contribution in [-0.4, -0.2) is 16.9 Å². The number of hydrogen-bond acceptors (Lipinski definition) is 5. The van der Waals surface area contributed by atoms with Crippen LogP contribution in [0.3, 0.4) is 0 Å². The van der Waals surface area contributed by atoms with Gasteiger partial charge in [-0.25, -0.2) is 0 Å². The SMILES string of the molecule is Cc1cc(-c2sccc2C)sc1-c1ccnc(/C(N)=C/C(=N)C(F)(F)F)c1. The van der Waals surface area contributed by atoms with Crippen molar-refractivity contribution in [2.24, 2.45) is 5.73 Å². The van der Waals surface area contributed by atoms with E-state index in [0.717, 1.165) is 20.9 Å². The van der Waals surface area contributed by atoms with E-state index in [0.29, 0.717) is 6.08 Å². The summed E-state index contributed by atoms with van der Waals surface area (Å²) in [4.78, 5) is 7.42. The van der Waals surface area contributed by atoms with Crippen LogP contribution in [0.15, 0.2) is 41.9 Å². The van der Waals surface area contributed by atoms with Gasteiger partial charge < -0.3 is 5.73 Å². The first-order valence-electron chi connectivity index (χ1n) is 7.91. The standard InChI is InChI=1S/C19H16F3N3S2/c1-10-4-6-26-18(10)15-7-11(2)17(27-15)12-3-5-25-14(8-12)13(23)9-16(24)19(20,21)22/h3-9,24H,23H2,1-2H3/b13-9-,24-16?. The van der Waals surface area contributed by atoms with E-state index >= 15 is 0 Å². The zero-order valence-electron chi connectivity index (χ0n) is 14.5. The molecule has 0 radical (unpaired) electrons. The molecule has 0 bridgehead atoms. The minimum absolute atomic E-state index is 0.192. The summed E-state index contributed by atoms with van der Waals surface area (Å²) in [6.45, 7) is 4.06. The van der Waals surface area contributed by atoms with Crippen LogP contribution in [0.4, 0.5) is 13.2 Å². The summed E-state index contributed by atoms with van der Waals surface area (Å²) in [6, 6.07) is 7.63. The third-order valence-electron chi connectivity index (χ3n) is 3.93. The van der Waals surface area contributed by atoms with Crippen LogP contribution in [0, 0.1) is 19.3 Å². The highest BCUT2D eigenvalue weighted by molar-refractivity contribution is 7.23. The number of pyridine rings is 1. The summed E-state index contributed by atoms with van der Waals surface area (Å²) >= 11 is 3.30. The quantitative estimate of drug-likeness (QED) is 0.518. The van der Waals surface area contributed by atoms with Crippen molar-refractivity contribution in [2.75, 3.05) is 0 Å². The van der Waals surface area contributed by atoms with Gasteiger partial charge in [0.2, 0.25) is 0 Å². The van der Waals surface area contributed by atoms with Gasteiger partial charge in [-0.3, -0.25) is 10.4 Å². The third-order valence-corrected chi connectivity index (χ3v) is 6.41. The molecular weight excluding hydrogens is 391 g/mol. The van der Waals surface area contributed by atoms with Crippen LogP contribution in [0.1, 0.15) is 16.8 Å². The van der Waals surface area contributed by atoms with Crippen LogP contribution in [0.2, 0.25) is 0 Å². The lowest BCUT2D eigenvalue weighted by Crippen LogP contribution is -2.20. The predicted octanol–water partition coefficient (Wildman–Crippen LogP) is 6.04. The first-order chi connectivity index (χ1) is 12.7. The van der Waals surface area contributed by atoms with Crippen molar-refractivity contribution < 1.29 is 13.2 Å². The van der Waals surface area contributed by atoms with Crippen LogP contribution < -0.4 is 5.73 Å². The van der Waals surface area contributed by atoms with Crippen molar-refractivity contribution >= 4 is 34.1 Å². The Balaban J connectivity index is 1.97. The molecule has 0 atom stereocenters. The fourth-order valence-electron chi connectivity index (χ4n) is 2.55. The molecule has 27 heavy (non-hydrogen) atoms. The molecule has 3 aromatic rings. The summed E-state index contributed by atoms with van der Waals surface area (Å²) in [7, 11) is 0. The number of hydrogen-bond donors (Lipinski definition) is 2. The van der Waals surface area contributed by atoms with Gasteiger partial charge in [0.05, 0.1) is 11.4 Å². The normalized spacial score (nSPS) is 12.4. The fraction of sp³-hybridized carbons (Fsp3) is 0.158. The van der Waals surface area contributed by atoms with Gasteiger partial charge in [-0.2, -0.15) is 13.2 Å². The first-order valence-corrected chi connectivity index (χ1v) is 9.61. The number of aromatic nitrogens is 1. The van der Waals surface area contributed by atoms with Gasteiger partial charge in [0.15, 0.2) is 0 Å². The van der Waals surface area contributed by atoms with Crippen LogP contribution in [-0.2, 0) is 0 Å². The van der Waals surface area contributed by atoms with E-state index in [-0.39, 0.29) is 11.4 Å². The van der Waals surface area contributed by atoms with Gasteiger partial charge >= 0.3 is 6.18 Å². The Morgan fingerprint density at radius 1 is 1.15 bits per heavy atom. The molecule has 0 saturated carbocycles. The maximum Gasteiger partial charge on any atom is 0.432 e. The Hall–Kier alpha value is -2.45. The average molecular weight is 407 g/mol. The average Bonchev–Trinajstić information content (AvgIpc) is 3.19. The maximum atomic E-state index is 12.5. The smallest absolute Gasteiger partial charge is 0.397 e. The molecule has 0 aliphatic rings. The molecule has 8 heteroatoms. The van der Waals surface area contributed by atoms with Gasteiger partial charge in [0.1, 0.15) is 5.71 Å². The molecule has 0 aromatic carbocycles. The number of nitrogens with one attached hydrogen (secondary N) is 1. The third kappa shape index (κ3) is 4.12. The van der Waals surface area contributed by atoms with Gasteiger partial charge in [-0.1, -0.05) is 0 Å². The molecule has 0 spiro atoms. The van der Waals surface area contributed by atoms with Crippen molar-refractivity contribution in [1.29, 1.82) is 5.41 Å². The van der Waals surface area contributed by atoms with E-state index in [1.807, 2.05) is 12.3 Å². The zero-order chi connectivity index (χ0) is 19.8. The van der Waals surface area contributed by atoms with Crippen molar-refractivity contribution in [2.45, 2.75) is 20.0 Å². The second-order valence-corrected chi connectivity index (χ2v) is 7.96. The van der Waals surface area contributed by atoms with Crippen molar-refractivity contribution in [3.8, 4) is 20.2 Å².